The number of rotatable bonds is 9. The highest BCUT2D eigenvalue weighted by molar-refractivity contribution is 5.88. The topological polar surface area (TPSA) is 9.23 Å². The van der Waals surface area contributed by atoms with E-state index in [0.717, 1.165) is 30.2 Å². The van der Waals surface area contributed by atoms with Crippen molar-refractivity contribution in [3.63, 3.8) is 0 Å². The molecule has 170 valence electrons. The number of hydrogen-bond donors (Lipinski definition) is 0. The molecule has 2 atom stereocenters. The van der Waals surface area contributed by atoms with Gasteiger partial charge in [0.05, 0.1) is 0 Å². The molecule has 0 aromatic heterocycles. The van der Waals surface area contributed by atoms with Crippen molar-refractivity contribution in [1.29, 1.82) is 0 Å². The Labute approximate surface area is 188 Å². The molecule has 0 saturated heterocycles. The smallest absolute Gasteiger partial charge is 0.387 e. The van der Waals surface area contributed by atoms with E-state index >= 15 is 0 Å². The van der Waals surface area contributed by atoms with Crippen LogP contribution < -0.4 is 4.74 Å². The van der Waals surface area contributed by atoms with Crippen LogP contribution >= 0.6 is 0 Å². The molecular formula is C28H31F3O. The largest absolute Gasteiger partial charge is 0.435 e. The third kappa shape index (κ3) is 4.95. The molecule has 4 rings (SSSR count). The first-order valence-corrected chi connectivity index (χ1v) is 11.8. The van der Waals surface area contributed by atoms with E-state index in [1.807, 2.05) is 24.3 Å². The van der Waals surface area contributed by atoms with Gasteiger partial charge in [-0.25, -0.2) is 4.39 Å². The van der Waals surface area contributed by atoms with Gasteiger partial charge in [-0.05, 0) is 65.5 Å². The molecule has 0 saturated carbocycles. The number of aryl methyl sites for hydroxylation is 1. The van der Waals surface area contributed by atoms with Gasteiger partial charge in [-0.15, -0.1) is 0 Å². The van der Waals surface area contributed by atoms with Crippen molar-refractivity contribution in [3.05, 3.63) is 77.1 Å². The lowest BCUT2D eigenvalue weighted by Gasteiger charge is -2.35. The van der Waals surface area contributed by atoms with Gasteiger partial charge in [0.15, 0.2) is 0 Å². The Morgan fingerprint density at radius 3 is 2.44 bits per heavy atom. The zero-order valence-electron chi connectivity index (χ0n) is 18.6. The van der Waals surface area contributed by atoms with Crippen molar-refractivity contribution in [2.24, 2.45) is 5.92 Å². The molecule has 0 fully saturated rings. The number of fused-ring (bicyclic) bond motifs is 3. The molecule has 0 bridgehead atoms. The number of alkyl halides is 2. The summed E-state index contributed by atoms with van der Waals surface area (Å²) < 4.78 is 44.1. The molecule has 4 heteroatoms. The second kappa shape index (κ2) is 10.4. The van der Waals surface area contributed by atoms with Crippen molar-refractivity contribution in [3.8, 4) is 5.75 Å². The van der Waals surface area contributed by atoms with E-state index < -0.39 is 6.61 Å². The van der Waals surface area contributed by atoms with Crippen molar-refractivity contribution in [1.82, 2.24) is 0 Å². The summed E-state index contributed by atoms with van der Waals surface area (Å²) in [6.07, 6.45) is 9.36. The van der Waals surface area contributed by atoms with Gasteiger partial charge in [0.2, 0.25) is 0 Å². The van der Waals surface area contributed by atoms with Gasteiger partial charge in [-0.2, -0.15) is 8.78 Å². The minimum absolute atomic E-state index is 0.177. The fourth-order valence-electron chi connectivity index (χ4n) is 5.35. The van der Waals surface area contributed by atoms with Crippen LogP contribution in [0.5, 0.6) is 5.75 Å². The molecule has 0 unspecified atom stereocenters. The Kier molecular flexibility index (Phi) is 7.39. The zero-order chi connectivity index (χ0) is 22.5. The number of ether oxygens (including phenoxy) is 1. The van der Waals surface area contributed by atoms with Gasteiger partial charge < -0.3 is 4.74 Å². The number of halogens is 3. The summed E-state index contributed by atoms with van der Waals surface area (Å²) in [4.78, 5) is 0. The van der Waals surface area contributed by atoms with E-state index in [4.69, 9.17) is 0 Å². The summed E-state index contributed by atoms with van der Waals surface area (Å²) in [5.74, 6) is 0.653. The molecule has 32 heavy (non-hydrogen) atoms. The average Bonchev–Trinajstić information content (AvgIpc) is 2.79. The Bertz CT molecular complexity index is 1030. The van der Waals surface area contributed by atoms with Crippen LogP contribution in [0.25, 0.3) is 10.8 Å². The first-order valence-electron chi connectivity index (χ1n) is 11.8. The summed E-state index contributed by atoms with van der Waals surface area (Å²) in [5, 5.41) is 1.66. The first kappa shape index (κ1) is 22.7. The van der Waals surface area contributed by atoms with Gasteiger partial charge in [-0.1, -0.05) is 75.4 Å². The van der Waals surface area contributed by atoms with Crippen LogP contribution in [-0.2, 0) is 6.42 Å². The van der Waals surface area contributed by atoms with E-state index in [0.29, 0.717) is 11.3 Å². The van der Waals surface area contributed by atoms with E-state index in [1.54, 1.807) is 18.2 Å². The molecule has 0 spiro atoms. The van der Waals surface area contributed by atoms with Gasteiger partial charge in [0, 0.05) is 11.3 Å². The van der Waals surface area contributed by atoms with Crippen molar-refractivity contribution < 1.29 is 17.9 Å². The van der Waals surface area contributed by atoms with E-state index in [-0.39, 0.29) is 17.5 Å². The van der Waals surface area contributed by atoms with Crippen LogP contribution in [0.2, 0.25) is 0 Å². The number of unbranched alkanes of at least 4 members (excludes halogenated alkanes) is 4. The van der Waals surface area contributed by atoms with Crippen LogP contribution in [-0.4, -0.2) is 6.61 Å². The monoisotopic (exact) mass is 440 g/mol. The lowest BCUT2D eigenvalue weighted by Crippen LogP contribution is -2.22. The molecule has 3 aromatic rings. The summed E-state index contributed by atoms with van der Waals surface area (Å²) in [6, 6.07) is 16.4. The second-order valence-electron chi connectivity index (χ2n) is 8.90. The third-order valence-corrected chi connectivity index (χ3v) is 6.87. The summed E-state index contributed by atoms with van der Waals surface area (Å²) in [5.41, 5.74) is 3.58. The first-order chi connectivity index (χ1) is 15.6. The maximum Gasteiger partial charge on any atom is 0.387 e. The maximum atomic E-state index is 14.4. The van der Waals surface area contributed by atoms with Gasteiger partial charge in [0.1, 0.15) is 11.6 Å². The highest BCUT2D eigenvalue weighted by atomic mass is 19.3. The van der Waals surface area contributed by atoms with Crippen LogP contribution in [0.4, 0.5) is 13.2 Å². The maximum absolute atomic E-state index is 14.4. The Morgan fingerprint density at radius 1 is 0.906 bits per heavy atom. The standard InChI is InChI=1S/C28H31F3O/c1-2-3-4-5-6-8-19-13-16-23-22-9-7-10-26(29)24(22)17-18-25(23)27(19)20-11-14-21(15-12-20)32-28(30)31/h7,9-12,14-15,17-19,27-28H,2-6,8,13,16H2,1H3/t19-,27-/m1/s1. The van der Waals surface area contributed by atoms with Crippen LogP contribution in [0.3, 0.4) is 0 Å². The van der Waals surface area contributed by atoms with Crippen molar-refractivity contribution in [2.75, 3.05) is 0 Å². The molecule has 0 aliphatic heterocycles. The summed E-state index contributed by atoms with van der Waals surface area (Å²) >= 11 is 0. The molecule has 0 radical (unpaired) electrons. The number of hydrogen-bond acceptors (Lipinski definition) is 1. The normalized spacial score (nSPS) is 18.2. The Morgan fingerprint density at radius 2 is 1.69 bits per heavy atom. The minimum atomic E-state index is -2.83. The lowest BCUT2D eigenvalue weighted by molar-refractivity contribution is -0.0498. The average molecular weight is 441 g/mol. The molecule has 0 heterocycles. The lowest BCUT2D eigenvalue weighted by atomic mass is 9.69. The van der Waals surface area contributed by atoms with Crippen LogP contribution in [0, 0.1) is 11.7 Å². The second-order valence-corrected chi connectivity index (χ2v) is 8.90. The molecule has 1 aliphatic rings. The van der Waals surface area contributed by atoms with Gasteiger partial charge in [-0.3, -0.25) is 0 Å². The third-order valence-electron chi connectivity index (χ3n) is 6.87. The van der Waals surface area contributed by atoms with Gasteiger partial charge in [0.25, 0.3) is 0 Å². The fraction of sp³-hybridized carbons (Fsp3) is 0.429. The molecular weight excluding hydrogens is 409 g/mol. The molecule has 1 aliphatic carbocycles. The predicted molar refractivity (Wildman–Crippen MR) is 124 cm³/mol. The molecule has 3 aromatic carbocycles. The minimum Gasteiger partial charge on any atom is -0.435 e. The highest BCUT2D eigenvalue weighted by Crippen LogP contribution is 2.45. The Hall–Kier alpha value is -2.49. The van der Waals surface area contributed by atoms with E-state index in [9.17, 15) is 13.2 Å². The number of benzene rings is 3. The zero-order valence-corrected chi connectivity index (χ0v) is 18.6. The molecule has 0 amide bonds. The van der Waals surface area contributed by atoms with E-state index in [1.165, 1.54) is 49.3 Å². The summed E-state index contributed by atoms with van der Waals surface area (Å²) in [6.45, 7) is -0.601. The summed E-state index contributed by atoms with van der Waals surface area (Å²) in [7, 11) is 0. The quantitative estimate of drug-likeness (QED) is 0.303. The van der Waals surface area contributed by atoms with Crippen LogP contribution in [0.15, 0.2) is 54.6 Å². The van der Waals surface area contributed by atoms with E-state index in [2.05, 4.69) is 17.7 Å². The van der Waals surface area contributed by atoms with Crippen molar-refractivity contribution in [2.45, 2.75) is 70.8 Å². The molecule has 1 nitrogen and oxygen atoms in total. The SMILES string of the molecule is CCCCCCC[C@@H]1CCc2c(ccc3c(F)cccc23)[C@H]1c1ccc(OC(F)F)cc1. The highest BCUT2D eigenvalue weighted by Gasteiger charge is 2.31. The predicted octanol–water partition coefficient (Wildman–Crippen LogP) is 8.64. The van der Waals surface area contributed by atoms with Gasteiger partial charge >= 0.3 is 6.61 Å². The Balaban J connectivity index is 1.67. The fourth-order valence-corrected chi connectivity index (χ4v) is 5.35. The van der Waals surface area contributed by atoms with Crippen molar-refractivity contribution >= 4 is 10.8 Å². The van der Waals surface area contributed by atoms with Crippen LogP contribution in [0.1, 0.15) is 74.5 Å². The molecule has 0 N–H and O–H groups in total.